The van der Waals surface area contributed by atoms with Crippen LogP contribution in [-0.4, -0.2) is 41.0 Å². The van der Waals surface area contributed by atoms with Gasteiger partial charge < -0.3 is 14.6 Å². The van der Waals surface area contributed by atoms with Crippen molar-refractivity contribution in [2.24, 2.45) is 0 Å². The van der Waals surface area contributed by atoms with Crippen LogP contribution in [0.15, 0.2) is 60.7 Å². The average Bonchev–Trinajstić information content (AvgIpc) is 3.44. The molecule has 1 atom stereocenters. The first-order valence-corrected chi connectivity index (χ1v) is 13.8. The molecule has 2 aromatic carbocycles. The molecular weight excluding hydrogens is 528 g/mol. The SMILES string of the molecule is C=CCOc1ccc(C(O)=C2C(=O)C(=O)N(c3nc(C)c(C(=O)OCC)s3)C2c2ccc(C(C)C)cc2)cc1C. The Morgan fingerprint density at radius 1 is 1.18 bits per heavy atom. The first-order valence-electron chi connectivity index (χ1n) is 13.0. The number of hydrogen-bond acceptors (Lipinski definition) is 8. The predicted molar refractivity (Wildman–Crippen MR) is 155 cm³/mol. The fourth-order valence-corrected chi connectivity index (χ4v) is 5.53. The third-order valence-electron chi connectivity index (χ3n) is 6.62. The van der Waals surface area contributed by atoms with Crippen LogP contribution in [-0.2, 0) is 14.3 Å². The largest absolute Gasteiger partial charge is 0.507 e. The van der Waals surface area contributed by atoms with Crippen molar-refractivity contribution in [2.45, 2.75) is 46.6 Å². The van der Waals surface area contributed by atoms with Crippen molar-refractivity contribution in [3.8, 4) is 5.75 Å². The van der Waals surface area contributed by atoms with Gasteiger partial charge in [0, 0.05) is 5.56 Å². The summed E-state index contributed by atoms with van der Waals surface area (Å²) >= 11 is 0.977. The molecule has 8 nitrogen and oxygen atoms in total. The van der Waals surface area contributed by atoms with Crippen molar-refractivity contribution in [2.75, 3.05) is 18.1 Å². The normalized spacial score (nSPS) is 16.4. The Bertz CT molecular complexity index is 1500. The summed E-state index contributed by atoms with van der Waals surface area (Å²) < 4.78 is 10.8. The minimum Gasteiger partial charge on any atom is -0.507 e. The van der Waals surface area contributed by atoms with Gasteiger partial charge in [-0.25, -0.2) is 9.78 Å². The summed E-state index contributed by atoms with van der Waals surface area (Å²) in [5.74, 6) is -1.65. The third-order valence-corrected chi connectivity index (χ3v) is 7.76. The smallest absolute Gasteiger partial charge is 0.350 e. The number of aliphatic hydroxyl groups is 1. The summed E-state index contributed by atoms with van der Waals surface area (Å²) in [7, 11) is 0. The maximum absolute atomic E-state index is 13.5. The fraction of sp³-hybridized carbons (Fsp3) is 0.290. The Hall–Kier alpha value is -4.24. The van der Waals surface area contributed by atoms with E-state index in [1.54, 1.807) is 38.1 Å². The van der Waals surface area contributed by atoms with Gasteiger partial charge in [-0.3, -0.25) is 14.5 Å². The second-order valence-corrected chi connectivity index (χ2v) is 10.7. The van der Waals surface area contributed by atoms with Crippen molar-refractivity contribution in [1.82, 2.24) is 4.98 Å². The highest BCUT2D eigenvalue weighted by Gasteiger charge is 2.48. The van der Waals surface area contributed by atoms with E-state index in [0.717, 1.165) is 22.5 Å². The van der Waals surface area contributed by atoms with E-state index >= 15 is 0 Å². The maximum atomic E-state index is 13.5. The summed E-state index contributed by atoms with van der Waals surface area (Å²) in [6.07, 6.45) is 1.63. The van der Waals surface area contributed by atoms with Gasteiger partial charge in [-0.2, -0.15) is 0 Å². The lowest BCUT2D eigenvalue weighted by molar-refractivity contribution is -0.132. The van der Waals surface area contributed by atoms with Crippen molar-refractivity contribution in [1.29, 1.82) is 0 Å². The van der Waals surface area contributed by atoms with E-state index in [2.05, 4.69) is 25.4 Å². The lowest BCUT2D eigenvalue weighted by atomic mass is 9.93. The molecule has 2 heterocycles. The van der Waals surface area contributed by atoms with Crippen LogP contribution < -0.4 is 9.64 Å². The second kappa shape index (κ2) is 11.9. The minimum absolute atomic E-state index is 0.0630. The monoisotopic (exact) mass is 560 g/mol. The highest BCUT2D eigenvalue weighted by molar-refractivity contribution is 7.17. The van der Waals surface area contributed by atoms with Crippen LogP contribution in [0.1, 0.15) is 70.4 Å². The van der Waals surface area contributed by atoms with Gasteiger partial charge >= 0.3 is 11.9 Å². The number of anilines is 1. The van der Waals surface area contributed by atoms with Crippen molar-refractivity contribution in [3.05, 3.63) is 93.5 Å². The third kappa shape index (κ3) is 5.42. The number of esters is 1. The van der Waals surface area contributed by atoms with Crippen LogP contribution in [0.3, 0.4) is 0 Å². The minimum atomic E-state index is -0.959. The van der Waals surface area contributed by atoms with Gasteiger partial charge in [0.25, 0.3) is 5.78 Å². The van der Waals surface area contributed by atoms with E-state index in [4.69, 9.17) is 9.47 Å². The number of carbonyl (C=O) groups excluding carboxylic acids is 3. The average molecular weight is 561 g/mol. The molecule has 4 rings (SSSR count). The molecular formula is C31H32N2O6S. The summed E-state index contributed by atoms with van der Waals surface area (Å²) in [5.41, 5.74) is 3.15. The van der Waals surface area contributed by atoms with Crippen LogP contribution in [0.2, 0.25) is 0 Å². The van der Waals surface area contributed by atoms with Crippen LogP contribution in [0.25, 0.3) is 5.76 Å². The number of aromatic nitrogens is 1. The van der Waals surface area contributed by atoms with Crippen LogP contribution in [0.5, 0.6) is 5.75 Å². The Labute approximate surface area is 237 Å². The molecule has 1 saturated heterocycles. The van der Waals surface area contributed by atoms with Gasteiger partial charge in [-0.15, -0.1) is 0 Å². The Balaban J connectivity index is 1.88. The number of aliphatic hydroxyl groups excluding tert-OH is 1. The summed E-state index contributed by atoms with van der Waals surface area (Å²) in [6, 6.07) is 11.6. The number of thiazole rings is 1. The van der Waals surface area contributed by atoms with E-state index in [9.17, 15) is 19.5 Å². The van der Waals surface area contributed by atoms with Crippen LogP contribution >= 0.6 is 11.3 Å². The molecule has 40 heavy (non-hydrogen) atoms. The number of ketones is 1. The topological polar surface area (TPSA) is 106 Å². The number of rotatable bonds is 9. The first-order chi connectivity index (χ1) is 19.1. The van der Waals surface area contributed by atoms with Crippen molar-refractivity contribution in [3.63, 3.8) is 0 Å². The molecule has 1 aliphatic heterocycles. The number of ether oxygens (including phenoxy) is 2. The highest BCUT2D eigenvalue weighted by Crippen LogP contribution is 2.44. The zero-order valence-electron chi connectivity index (χ0n) is 23.2. The molecule has 1 unspecified atom stereocenters. The molecule has 0 radical (unpaired) electrons. The highest BCUT2D eigenvalue weighted by atomic mass is 32.1. The van der Waals surface area contributed by atoms with Crippen LogP contribution in [0, 0.1) is 13.8 Å². The fourth-order valence-electron chi connectivity index (χ4n) is 4.54. The Morgan fingerprint density at radius 2 is 1.88 bits per heavy atom. The van der Waals surface area contributed by atoms with Gasteiger partial charge in [-0.05, 0) is 61.6 Å². The number of nitrogens with zero attached hydrogens (tertiary/aromatic N) is 2. The molecule has 1 aromatic heterocycles. The predicted octanol–water partition coefficient (Wildman–Crippen LogP) is 6.25. The zero-order valence-corrected chi connectivity index (χ0v) is 24.0. The molecule has 1 fully saturated rings. The number of Topliss-reactive ketones (excluding diaryl/α,β-unsaturated/α-hetero) is 1. The maximum Gasteiger partial charge on any atom is 0.350 e. The molecule has 0 spiro atoms. The number of aryl methyl sites for hydroxylation is 2. The number of hydrogen-bond donors (Lipinski definition) is 1. The summed E-state index contributed by atoms with van der Waals surface area (Å²) in [6.45, 7) is 13.5. The van der Waals surface area contributed by atoms with E-state index in [0.29, 0.717) is 29.2 Å². The van der Waals surface area contributed by atoms with Gasteiger partial charge in [0.1, 0.15) is 23.0 Å². The molecule has 3 aromatic rings. The standard InChI is InChI=1S/C31H32N2O6S/c1-7-15-39-23-14-13-22(16-18(23)5)26(34)24-25(21-11-9-20(10-12-21)17(3)4)33(29(36)27(24)35)31-32-19(6)28(40-31)30(37)38-8-2/h7,9-14,16-17,25,34H,1,8,15H2,2-6H3. The molecule has 1 N–H and O–H groups in total. The van der Waals surface area contributed by atoms with Crippen molar-refractivity contribution < 1.29 is 29.0 Å². The molecule has 1 amide bonds. The van der Waals surface area contributed by atoms with E-state index < -0.39 is 23.7 Å². The lowest BCUT2D eigenvalue weighted by Crippen LogP contribution is -2.29. The molecule has 0 bridgehead atoms. The van der Waals surface area contributed by atoms with E-state index in [1.165, 1.54) is 4.90 Å². The molecule has 208 valence electrons. The number of carbonyl (C=O) groups is 3. The number of benzene rings is 2. The van der Waals surface area contributed by atoms with Gasteiger partial charge in [0.2, 0.25) is 0 Å². The summed E-state index contributed by atoms with van der Waals surface area (Å²) in [4.78, 5) is 45.5. The first kappa shape index (κ1) is 28.8. The molecule has 1 aliphatic rings. The lowest BCUT2D eigenvalue weighted by Gasteiger charge is -2.23. The van der Waals surface area contributed by atoms with Gasteiger partial charge in [0.05, 0.1) is 23.9 Å². The molecule has 9 heteroatoms. The summed E-state index contributed by atoms with van der Waals surface area (Å²) in [5, 5.41) is 11.7. The zero-order chi connectivity index (χ0) is 29.1. The second-order valence-electron chi connectivity index (χ2n) is 9.70. The van der Waals surface area contributed by atoms with E-state index in [1.807, 2.05) is 31.2 Å². The van der Waals surface area contributed by atoms with Crippen LogP contribution in [0.4, 0.5) is 5.13 Å². The Morgan fingerprint density at radius 3 is 2.48 bits per heavy atom. The van der Waals surface area contributed by atoms with Gasteiger partial charge in [-0.1, -0.05) is 62.1 Å². The van der Waals surface area contributed by atoms with Crippen molar-refractivity contribution >= 4 is 39.9 Å². The molecule has 0 aliphatic carbocycles. The Kier molecular flexibility index (Phi) is 8.54. The molecule has 0 saturated carbocycles. The van der Waals surface area contributed by atoms with E-state index in [-0.39, 0.29) is 33.9 Å². The van der Waals surface area contributed by atoms with Gasteiger partial charge in [0.15, 0.2) is 5.13 Å². The number of amides is 1. The quantitative estimate of drug-likeness (QED) is 0.108.